The minimum Gasteiger partial charge on any atom is -0.278 e. The monoisotopic (exact) mass is 583 g/mol. The maximum atomic E-state index is 5.24. The molecule has 0 fully saturated rings. The molecule has 9 rings (SSSR count). The molecule has 4 aromatic carbocycles. The second kappa shape index (κ2) is 10.3. The van der Waals surface area contributed by atoms with Gasteiger partial charge in [-0.1, -0.05) is 103 Å². The number of aryl methyl sites for hydroxylation is 1. The van der Waals surface area contributed by atoms with Gasteiger partial charge >= 0.3 is 0 Å². The highest BCUT2D eigenvalue weighted by Crippen LogP contribution is 2.41. The zero-order chi connectivity index (χ0) is 29.0. The van der Waals surface area contributed by atoms with Crippen LogP contribution in [-0.4, -0.2) is 14.5 Å². The normalized spacial score (nSPS) is 16.1. The van der Waals surface area contributed by atoms with Gasteiger partial charge in [0, 0.05) is 38.0 Å². The van der Waals surface area contributed by atoms with Gasteiger partial charge in [-0.25, -0.2) is 9.97 Å². The van der Waals surface area contributed by atoms with Crippen LogP contribution in [0.1, 0.15) is 40.3 Å². The average molecular weight is 584 g/mol. The molecule has 0 saturated heterocycles. The van der Waals surface area contributed by atoms with E-state index in [4.69, 9.17) is 9.97 Å². The Hall–Kier alpha value is -5.06. The van der Waals surface area contributed by atoms with Crippen molar-refractivity contribution >= 4 is 54.9 Å². The van der Waals surface area contributed by atoms with Crippen LogP contribution in [0.4, 0.5) is 0 Å². The summed E-state index contributed by atoms with van der Waals surface area (Å²) < 4.78 is 3.54. The van der Waals surface area contributed by atoms with E-state index in [0.29, 0.717) is 11.9 Å². The number of benzene rings is 4. The molecule has 7 aromatic rings. The average Bonchev–Trinajstić information content (AvgIpc) is 3.64. The van der Waals surface area contributed by atoms with E-state index in [1.807, 2.05) is 23.6 Å². The summed E-state index contributed by atoms with van der Waals surface area (Å²) in [5.74, 6) is 1.11. The van der Waals surface area contributed by atoms with Crippen molar-refractivity contribution in [2.75, 3.05) is 0 Å². The van der Waals surface area contributed by atoms with E-state index in [1.165, 1.54) is 53.6 Å². The molecule has 3 aromatic heterocycles. The summed E-state index contributed by atoms with van der Waals surface area (Å²) in [6, 6.07) is 34.9. The molecule has 1 atom stereocenters. The fourth-order valence-corrected chi connectivity index (χ4v) is 8.26. The topological polar surface area (TPSA) is 30.7 Å². The van der Waals surface area contributed by atoms with Crippen molar-refractivity contribution in [3.63, 3.8) is 0 Å². The molecule has 0 N–H and O–H groups in total. The molecule has 3 heterocycles. The van der Waals surface area contributed by atoms with Crippen molar-refractivity contribution in [3.05, 3.63) is 149 Å². The third kappa shape index (κ3) is 4.10. The summed E-state index contributed by atoms with van der Waals surface area (Å²) in [7, 11) is 0. The smallest absolute Gasteiger partial charge is 0.235 e. The fraction of sp³-hybridized carbons (Fsp3) is 0.100. The van der Waals surface area contributed by atoms with Crippen LogP contribution >= 0.6 is 11.3 Å². The Morgan fingerprint density at radius 2 is 1.64 bits per heavy atom. The molecule has 210 valence electrons. The van der Waals surface area contributed by atoms with Crippen molar-refractivity contribution in [3.8, 4) is 17.2 Å². The van der Waals surface area contributed by atoms with Gasteiger partial charge in [0.15, 0.2) is 0 Å². The molecule has 0 aliphatic heterocycles. The number of fused-ring (bicyclic) bond motifs is 6. The van der Waals surface area contributed by atoms with E-state index < -0.39 is 0 Å². The third-order valence-corrected chi connectivity index (χ3v) is 10.4. The Morgan fingerprint density at radius 3 is 2.55 bits per heavy atom. The van der Waals surface area contributed by atoms with Gasteiger partial charge in [-0.15, -0.1) is 11.3 Å². The van der Waals surface area contributed by atoms with Gasteiger partial charge in [-0.3, -0.25) is 4.57 Å². The first kappa shape index (κ1) is 25.4. The summed E-state index contributed by atoms with van der Waals surface area (Å²) in [4.78, 5) is 11.5. The first-order valence-electron chi connectivity index (χ1n) is 15.3. The van der Waals surface area contributed by atoms with Crippen LogP contribution < -0.4 is 0 Å². The molecule has 0 saturated carbocycles. The first-order valence-corrected chi connectivity index (χ1v) is 16.1. The van der Waals surface area contributed by atoms with Gasteiger partial charge in [0.25, 0.3) is 0 Å². The summed E-state index contributed by atoms with van der Waals surface area (Å²) in [6.07, 6.45) is 16.7. The van der Waals surface area contributed by atoms with Crippen LogP contribution in [0.25, 0.3) is 60.7 Å². The van der Waals surface area contributed by atoms with E-state index in [2.05, 4.69) is 126 Å². The van der Waals surface area contributed by atoms with Crippen molar-refractivity contribution in [2.45, 2.75) is 25.2 Å². The highest BCUT2D eigenvalue weighted by Gasteiger charge is 2.19. The summed E-state index contributed by atoms with van der Waals surface area (Å²) in [6.45, 7) is 0. The van der Waals surface area contributed by atoms with Gasteiger partial charge in [-0.05, 0) is 71.2 Å². The number of para-hydroxylation sites is 1. The SMILES string of the molecule is C1=Cc2sc3c(-c4ccnc(-n5c6ccccc6c6ccc(C7=CCC(c8ccccc8)C=C7)cc65)n4)cccc3c2CC1. The maximum absolute atomic E-state index is 5.24. The number of thiophene rings is 1. The van der Waals surface area contributed by atoms with E-state index in [9.17, 15) is 0 Å². The van der Waals surface area contributed by atoms with E-state index in [1.54, 1.807) is 0 Å². The highest BCUT2D eigenvalue weighted by molar-refractivity contribution is 7.20. The Balaban J connectivity index is 1.17. The molecule has 44 heavy (non-hydrogen) atoms. The van der Waals surface area contributed by atoms with Crippen LogP contribution in [0.2, 0.25) is 0 Å². The summed E-state index contributed by atoms with van der Waals surface area (Å²) >= 11 is 1.88. The Morgan fingerprint density at radius 1 is 0.773 bits per heavy atom. The Bertz CT molecular complexity index is 2320. The van der Waals surface area contributed by atoms with Gasteiger partial charge in [0.1, 0.15) is 0 Å². The summed E-state index contributed by atoms with van der Waals surface area (Å²) in [5.41, 5.74) is 9.66. The molecule has 0 amide bonds. The molecule has 1 unspecified atom stereocenters. The highest BCUT2D eigenvalue weighted by atomic mass is 32.1. The first-order chi connectivity index (χ1) is 21.8. The van der Waals surface area contributed by atoms with Gasteiger partial charge < -0.3 is 0 Å². The fourth-order valence-electron chi connectivity index (χ4n) is 6.95. The lowest BCUT2D eigenvalue weighted by atomic mass is 9.88. The standard InChI is InChI=1S/C40H29N3S/c1-2-9-26(10-3-1)27-17-19-28(20-18-27)29-21-22-31-30-11-4-6-15-36(30)43(37(31)25-29)40-41-24-23-35(42-40)34-14-8-13-33-32-12-5-7-16-38(32)44-39(33)34/h1-4,6-11,13-17,19-25,27H,5,12,18H2. The minimum absolute atomic E-state index is 0.417. The molecule has 4 heteroatoms. The molecule has 0 radical (unpaired) electrons. The number of nitrogens with zero attached hydrogens (tertiary/aromatic N) is 3. The lowest BCUT2D eigenvalue weighted by molar-refractivity contribution is 0.856. The zero-order valence-corrected chi connectivity index (χ0v) is 25.0. The molecule has 2 aliphatic rings. The van der Waals surface area contributed by atoms with Crippen molar-refractivity contribution in [2.24, 2.45) is 0 Å². The molecule has 0 bridgehead atoms. The lowest BCUT2D eigenvalue weighted by Crippen LogP contribution is -2.02. The van der Waals surface area contributed by atoms with Crippen LogP contribution in [0.15, 0.2) is 128 Å². The molecule has 0 spiro atoms. The van der Waals surface area contributed by atoms with Gasteiger partial charge in [0.2, 0.25) is 5.95 Å². The predicted octanol–water partition coefficient (Wildman–Crippen LogP) is 10.5. The largest absolute Gasteiger partial charge is 0.278 e. The predicted molar refractivity (Wildman–Crippen MR) is 185 cm³/mol. The van der Waals surface area contributed by atoms with Crippen molar-refractivity contribution in [1.29, 1.82) is 0 Å². The molecular formula is C40H29N3S. The van der Waals surface area contributed by atoms with Crippen LogP contribution in [-0.2, 0) is 6.42 Å². The Labute approximate surface area is 260 Å². The van der Waals surface area contributed by atoms with E-state index in [0.717, 1.165) is 36.0 Å². The molecule has 3 nitrogen and oxygen atoms in total. The summed E-state index contributed by atoms with van der Waals surface area (Å²) in [5, 5.41) is 3.78. The third-order valence-electron chi connectivity index (χ3n) is 9.13. The number of rotatable bonds is 4. The zero-order valence-electron chi connectivity index (χ0n) is 24.2. The van der Waals surface area contributed by atoms with Crippen LogP contribution in [0, 0.1) is 0 Å². The van der Waals surface area contributed by atoms with E-state index in [-0.39, 0.29) is 0 Å². The van der Waals surface area contributed by atoms with Gasteiger partial charge in [0.05, 0.1) is 16.7 Å². The lowest BCUT2D eigenvalue weighted by Gasteiger charge is -2.17. The van der Waals surface area contributed by atoms with Crippen molar-refractivity contribution in [1.82, 2.24) is 14.5 Å². The molecule has 2 aliphatic carbocycles. The van der Waals surface area contributed by atoms with Crippen LogP contribution in [0.5, 0.6) is 0 Å². The number of allylic oxidation sites excluding steroid dienone is 5. The van der Waals surface area contributed by atoms with Crippen molar-refractivity contribution < 1.29 is 0 Å². The second-order valence-electron chi connectivity index (χ2n) is 11.7. The maximum Gasteiger partial charge on any atom is 0.235 e. The number of aromatic nitrogens is 3. The molecular weight excluding hydrogens is 555 g/mol. The van der Waals surface area contributed by atoms with Crippen LogP contribution in [0.3, 0.4) is 0 Å². The van der Waals surface area contributed by atoms with E-state index >= 15 is 0 Å². The van der Waals surface area contributed by atoms with Gasteiger partial charge in [-0.2, -0.15) is 0 Å². The Kier molecular flexibility index (Phi) is 5.95. The minimum atomic E-state index is 0.417. The second-order valence-corrected chi connectivity index (χ2v) is 12.7. The number of hydrogen-bond acceptors (Lipinski definition) is 3. The number of hydrogen-bond donors (Lipinski definition) is 0. The quantitative estimate of drug-likeness (QED) is 0.206.